The maximum atomic E-state index is 13.6. The number of aryl methyl sites for hydroxylation is 3. The van der Waals surface area contributed by atoms with E-state index in [1.807, 2.05) is 24.3 Å². The van der Waals surface area contributed by atoms with Gasteiger partial charge in [-0.05, 0) is 68.5 Å². The van der Waals surface area contributed by atoms with Gasteiger partial charge in [-0.25, -0.2) is 4.98 Å². The van der Waals surface area contributed by atoms with Gasteiger partial charge in [0.05, 0.1) is 11.9 Å². The molecule has 2 heterocycles. The van der Waals surface area contributed by atoms with Gasteiger partial charge >= 0.3 is 0 Å². The molecule has 0 aliphatic heterocycles. The molecular weight excluding hydrogens is 420 g/mol. The maximum absolute atomic E-state index is 13.6. The molecule has 1 aliphatic rings. The van der Waals surface area contributed by atoms with E-state index in [1.165, 1.54) is 16.9 Å². The Kier molecular flexibility index (Phi) is 7.06. The molecular formula is C25H32N4O2S. The van der Waals surface area contributed by atoms with E-state index in [4.69, 9.17) is 4.98 Å². The van der Waals surface area contributed by atoms with Crippen molar-refractivity contribution in [1.29, 1.82) is 0 Å². The molecule has 0 atom stereocenters. The minimum atomic E-state index is -0.206. The first-order chi connectivity index (χ1) is 15.5. The molecule has 1 aliphatic carbocycles. The molecule has 0 unspecified atom stereocenters. The SMILES string of the molecule is CCc1ccc(NC(=O)Cn2c(CN(CC)CC)nc3sc4c(c3c2=O)CCCC4)cc1. The van der Waals surface area contributed by atoms with E-state index in [2.05, 4.69) is 31.0 Å². The second-order valence-corrected chi connectivity index (χ2v) is 9.45. The van der Waals surface area contributed by atoms with E-state index >= 15 is 0 Å². The Balaban J connectivity index is 1.70. The number of carbonyl (C=O) groups excluding carboxylic acids is 1. The molecule has 3 aromatic rings. The van der Waals surface area contributed by atoms with Crippen molar-refractivity contribution in [1.82, 2.24) is 14.5 Å². The highest BCUT2D eigenvalue weighted by Crippen LogP contribution is 2.33. The molecule has 7 heteroatoms. The van der Waals surface area contributed by atoms with Gasteiger partial charge in [0.25, 0.3) is 5.56 Å². The average molecular weight is 453 g/mol. The van der Waals surface area contributed by atoms with Crippen LogP contribution in [0.2, 0.25) is 0 Å². The first-order valence-corrected chi connectivity index (χ1v) is 12.5. The van der Waals surface area contributed by atoms with Crippen molar-refractivity contribution >= 4 is 33.1 Å². The molecule has 1 aromatic carbocycles. The van der Waals surface area contributed by atoms with Crippen LogP contribution in [0.4, 0.5) is 5.69 Å². The molecule has 0 bridgehead atoms. The molecule has 0 spiro atoms. The zero-order valence-electron chi connectivity index (χ0n) is 19.2. The third-order valence-electron chi connectivity index (χ3n) is 6.36. The number of thiophene rings is 1. The van der Waals surface area contributed by atoms with Gasteiger partial charge in [-0.1, -0.05) is 32.9 Å². The Hall–Kier alpha value is -2.51. The third-order valence-corrected chi connectivity index (χ3v) is 7.55. The summed E-state index contributed by atoms with van der Waals surface area (Å²) in [5.41, 5.74) is 3.05. The number of nitrogens with one attached hydrogen (secondary N) is 1. The molecule has 170 valence electrons. The summed E-state index contributed by atoms with van der Waals surface area (Å²) in [6.07, 6.45) is 5.18. The first-order valence-electron chi connectivity index (χ1n) is 11.7. The zero-order chi connectivity index (χ0) is 22.7. The summed E-state index contributed by atoms with van der Waals surface area (Å²) in [6.45, 7) is 8.55. The van der Waals surface area contributed by atoms with E-state index < -0.39 is 0 Å². The van der Waals surface area contributed by atoms with E-state index in [0.717, 1.165) is 60.2 Å². The lowest BCUT2D eigenvalue weighted by Gasteiger charge is -2.20. The largest absolute Gasteiger partial charge is 0.325 e. The second kappa shape index (κ2) is 9.96. The average Bonchev–Trinajstić information content (AvgIpc) is 3.18. The Morgan fingerprint density at radius 2 is 1.84 bits per heavy atom. The van der Waals surface area contributed by atoms with Crippen LogP contribution >= 0.6 is 11.3 Å². The fourth-order valence-electron chi connectivity index (χ4n) is 4.38. The number of aromatic nitrogens is 2. The van der Waals surface area contributed by atoms with Crippen LogP contribution in [-0.2, 0) is 37.1 Å². The van der Waals surface area contributed by atoms with Crippen molar-refractivity contribution in [3.63, 3.8) is 0 Å². The third kappa shape index (κ3) is 4.64. The van der Waals surface area contributed by atoms with Gasteiger partial charge in [0.2, 0.25) is 5.91 Å². The highest BCUT2D eigenvalue weighted by Gasteiger charge is 2.23. The minimum Gasteiger partial charge on any atom is -0.325 e. The molecule has 0 saturated carbocycles. The summed E-state index contributed by atoms with van der Waals surface area (Å²) < 4.78 is 1.60. The summed E-state index contributed by atoms with van der Waals surface area (Å²) in [4.78, 5) is 35.8. The van der Waals surface area contributed by atoms with E-state index in [9.17, 15) is 9.59 Å². The lowest BCUT2D eigenvalue weighted by Crippen LogP contribution is -2.34. The van der Waals surface area contributed by atoms with Gasteiger partial charge in [0.1, 0.15) is 17.2 Å². The van der Waals surface area contributed by atoms with Gasteiger partial charge in [-0.2, -0.15) is 0 Å². The molecule has 32 heavy (non-hydrogen) atoms. The number of nitrogens with zero attached hydrogens (tertiary/aromatic N) is 3. The van der Waals surface area contributed by atoms with E-state index in [0.29, 0.717) is 12.4 Å². The van der Waals surface area contributed by atoms with Crippen molar-refractivity contribution in [2.75, 3.05) is 18.4 Å². The second-order valence-electron chi connectivity index (χ2n) is 8.37. The fraction of sp³-hybridized carbons (Fsp3) is 0.480. The summed E-state index contributed by atoms with van der Waals surface area (Å²) in [5.74, 6) is 0.462. The van der Waals surface area contributed by atoms with Crippen LogP contribution in [0.25, 0.3) is 10.2 Å². The van der Waals surface area contributed by atoms with Gasteiger partial charge in [-0.15, -0.1) is 11.3 Å². The summed E-state index contributed by atoms with van der Waals surface area (Å²) in [5, 5.41) is 3.67. The number of fused-ring (bicyclic) bond motifs is 3. The van der Waals surface area contributed by atoms with Crippen LogP contribution in [0.5, 0.6) is 0 Å². The molecule has 0 saturated heterocycles. The van der Waals surface area contributed by atoms with Crippen LogP contribution in [-0.4, -0.2) is 33.4 Å². The number of hydrogen-bond acceptors (Lipinski definition) is 5. The summed E-state index contributed by atoms with van der Waals surface area (Å²) >= 11 is 1.66. The normalized spacial score (nSPS) is 13.5. The number of amides is 1. The predicted molar refractivity (Wildman–Crippen MR) is 132 cm³/mol. The Bertz CT molecular complexity index is 1160. The fourth-order valence-corrected chi connectivity index (χ4v) is 5.65. The smallest absolute Gasteiger partial charge is 0.263 e. The van der Waals surface area contributed by atoms with Crippen molar-refractivity contribution in [3.8, 4) is 0 Å². The predicted octanol–water partition coefficient (Wildman–Crippen LogP) is 4.38. The quantitative estimate of drug-likeness (QED) is 0.551. The van der Waals surface area contributed by atoms with Crippen molar-refractivity contribution in [2.24, 2.45) is 0 Å². The van der Waals surface area contributed by atoms with Gasteiger partial charge in [0.15, 0.2) is 0 Å². The van der Waals surface area contributed by atoms with Gasteiger partial charge in [-0.3, -0.25) is 19.1 Å². The number of carbonyl (C=O) groups is 1. The van der Waals surface area contributed by atoms with Crippen LogP contribution in [0, 0.1) is 0 Å². The zero-order valence-corrected chi connectivity index (χ0v) is 20.1. The number of benzene rings is 1. The molecule has 4 rings (SSSR count). The Morgan fingerprint density at radius 3 is 2.53 bits per heavy atom. The molecule has 1 N–H and O–H groups in total. The van der Waals surface area contributed by atoms with Crippen molar-refractivity contribution in [3.05, 3.63) is 56.4 Å². The highest BCUT2D eigenvalue weighted by molar-refractivity contribution is 7.18. The standard InChI is InChI=1S/C25H32N4O2S/c1-4-17-11-13-18(14-12-17)26-22(30)16-29-21(15-28(5-2)6-3)27-24-23(25(29)31)19-9-7-8-10-20(19)32-24/h11-14H,4-10,15-16H2,1-3H3,(H,26,30). The number of anilines is 1. The molecule has 6 nitrogen and oxygen atoms in total. The molecule has 0 radical (unpaired) electrons. The number of hydrogen-bond donors (Lipinski definition) is 1. The van der Waals surface area contributed by atoms with E-state index in [-0.39, 0.29) is 18.0 Å². The van der Waals surface area contributed by atoms with Gasteiger partial charge in [0, 0.05) is 10.6 Å². The molecule has 1 amide bonds. The van der Waals surface area contributed by atoms with E-state index in [1.54, 1.807) is 15.9 Å². The topological polar surface area (TPSA) is 67.2 Å². The van der Waals surface area contributed by atoms with Gasteiger partial charge < -0.3 is 5.32 Å². The Morgan fingerprint density at radius 1 is 1.12 bits per heavy atom. The summed E-state index contributed by atoms with van der Waals surface area (Å²) in [7, 11) is 0. The first kappa shape index (κ1) is 22.7. The lowest BCUT2D eigenvalue weighted by atomic mass is 9.97. The monoisotopic (exact) mass is 452 g/mol. The van der Waals surface area contributed by atoms with Crippen LogP contribution in [0.1, 0.15) is 55.4 Å². The molecule has 2 aromatic heterocycles. The lowest BCUT2D eigenvalue weighted by molar-refractivity contribution is -0.116. The van der Waals surface area contributed by atoms with Crippen LogP contribution in [0.3, 0.4) is 0 Å². The highest BCUT2D eigenvalue weighted by atomic mass is 32.1. The van der Waals surface area contributed by atoms with Crippen molar-refractivity contribution < 1.29 is 4.79 Å². The summed E-state index contributed by atoms with van der Waals surface area (Å²) in [6, 6.07) is 7.84. The number of rotatable bonds is 8. The van der Waals surface area contributed by atoms with Crippen LogP contribution in [0.15, 0.2) is 29.1 Å². The minimum absolute atomic E-state index is 0.0292. The Labute approximate surface area is 193 Å². The van der Waals surface area contributed by atoms with Crippen molar-refractivity contribution in [2.45, 2.75) is 66.0 Å². The maximum Gasteiger partial charge on any atom is 0.263 e. The molecule has 0 fully saturated rings. The van der Waals surface area contributed by atoms with Crippen LogP contribution < -0.4 is 10.9 Å².